The number of rotatable bonds is 4. The van der Waals surface area contributed by atoms with Gasteiger partial charge >= 0.3 is 0 Å². The van der Waals surface area contributed by atoms with Crippen molar-refractivity contribution in [3.8, 4) is 0 Å². The zero-order chi connectivity index (χ0) is 12.5. The summed E-state index contributed by atoms with van der Waals surface area (Å²) in [7, 11) is 1.70. The lowest BCUT2D eigenvalue weighted by molar-refractivity contribution is -0.0256. The van der Waals surface area contributed by atoms with Crippen LogP contribution >= 0.6 is 27.5 Å². The third kappa shape index (κ3) is 2.76. The van der Waals surface area contributed by atoms with Crippen molar-refractivity contribution in [3.63, 3.8) is 0 Å². The fraction of sp³-hybridized carbons (Fsp3) is 0.500. The molecule has 0 radical (unpaired) electrons. The Morgan fingerprint density at radius 1 is 1.59 bits per heavy atom. The minimum Gasteiger partial charge on any atom is -0.394 e. The maximum Gasteiger partial charge on any atom is 0.0663 e. The standard InChI is InChI=1S/C12H15BrClNO2/c1-17-9-5-12(6-9,7-16)15-8-2-3-11(14)10(13)4-8/h2-4,9,15-16H,5-7H2,1H3. The van der Waals surface area contributed by atoms with Gasteiger partial charge < -0.3 is 15.2 Å². The smallest absolute Gasteiger partial charge is 0.0663 e. The zero-order valence-electron chi connectivity index (χ0n) is 9.54. The molecule has 0 saturated heterocycles. The van der Waals surface area contributed by atoms with Crippen LogP contribution in [-0.4, -0.2) is 30.5 Å². The fourth-order valence-corrected chi connectivity index (χ4v) is 2.63. The van der Waals surface area contributed by atoms with Gasteiger partial charge in [-0.15, -0.1) is 0 Å². The molecule has 0 spiro atoms. The second-order valence-electron chi connectivity index (χ2n) is 4.46. The van der Waals surface area contributed by atoms with Gasteiger partial charge in [-0.3, -0.25) is 0 Å². The van der Waals surface area contributed by atoms with Crippen molar-refractivity contribution in [2.45, 2.75) is 24.5 Å². The van der Waals surface area contributed by atoms with E-state index in [0.717, 1.165) is 23.0 Å². The summed E-state index contributed by atoms with van der Waals surface area (Å²) in [6, 6.07) is 5.65. The Balaban J connectivity index is 2.07. The van der Waals surface area contributed by atoms with Crippen molar-refractivity contribution >= 4 is 33.2 Å². The number of hydrogen-bond acceptors (Lipinski definition) is 3. The van der Waals surface area contributed by atoms with Gasteiger partial charge in [0.25, 0.3) is 0 Å². The van der Waals surface area contributed by atoms with E-state index in [1.807, 2.05) is 18.2 Å². The molecule has 1 fully saturated rings. The summed E-state index contributed by atoms with van der Waals surface area (Å²) in [4.78, 5) is 0. The van der Waals surface area contributed by atoms with Gasteiger partial charge in [0.2, 0.25) is 0 Å². The van der Waals surface area contributed by atoms with Crippen LogP contribution in [0.2, 0.25) is 5.02 Å². The largest absolute Gasteiger partial charge is 0.394 e. The summed E-state index contributed by atoms with van der Waals surface area (Å²) >= 11 is 9.32. The van der Waals surface area contributed by atoms with Crippen LogP contribution in [0.15, 0.2) is 22.7 Å². The molecule has 0 amide bonds. The van der Waals surface area contributed by atoms with Gasteiger partial charge in [0.05, 0.1) is 23.3 Å². The lowest BCUT2D eigenvalue weighted by Gasteiger charge is -2.46. The van der Waals surface area contributed by atoms with E-state index in [2.05, 4.69) is 21.2 Å². The fourth-order valence-electron chi connectivity index (χ4n) is 2.13. The maximum absolute atomic E-state index is 9.48. The summed E-state index contributed by atoms with van der Waals surface area (Å²) in [5.41, 5.74) is 0.693. The molecule has 2 N–H and O–H groups in total. The van der Waals surface area contributed by atoms with Gasteiger partial charge in [-0.2, -0.15) is 0 Å². The average Bonchev–Trinajstić information content (AvgIpc) is 2.28. The summed E-state index contributed by atoms with van der Waals surface area (Å²) in [6.07, 6.45) is 1.88. The third-order valence-corrected chi connectivity index (χ3v) is 4.42. The molecule has 0 unspecified atom stereocenters. The highest BCUT2D eigenvalue weighted by Gasteiger charge is 2.44. The van der Waals surface area contributed by atoms with Crippen molar-refractivity contribution in [1.82, 2.24) is 0 Å². The van der Waals surface area contributed by atoms with Crippen molar-refractivity contribution in [1.29, 1.82) is 0 Å². The molecule has 5 heteroatoms. The number of methoxy groups -OCH3 is 1. The van der Waals surface area contributed by atoms with Gasteiger partial charge in [0.15, 0.2) is 0 Å². The second-order valence-corrected chi connectivity index (χ2v) is 5.72. The molecule has 0 aliphatic heterocycles. The van der Waals surface area contributed by atoms with Crippen molar-refractivity contribution in [2.24, 2.45) is 0 Å². The Hall–Kier alpha value is -0.290. The minimum absolute atomic E-state index is 0.104. The van der Waals surface area contributed by atoms with Crippen LogP contribution in [0.3, 0.4) is 0 Å². The van der Waals surface area contributed by atoms with Crippen molar-refractivity contribution < 1.29 is 9.84 Å². The molecular formula is C12H15BrClNO2. The Kier molecular flexibility index (Phi) is 3.98. The summed E-state index contributed by atoms with van der Waals surface area (Å²) in [6.45, 7) is 0.104. The highest BCUT2D eigenvalue weighted by molar-refractivity contribution is 9.10. The van der Waals surface area contributed by atoms with E-state index in [-0.39, 0.29) is 18.2 Å². The quantitative estimate of drug-likeness (QED) is 0.896. The first-order chi connectivity index (χ1) is 8.08. The highest BCUT2D eigenvalue weighted by Crippen LogP contribution is 2.38. The number of anilines is 1. The number of halogens is 2. The molecule has 0 atom stereocenters. The molecule has 17 heavy (non-hydrogen) atoms. The Morgan fingerprint density at radius 3 is 2.82 bits per heavy atom. The first kappa shape index (κ1) is 13.1. The summed E-state index contributed by atoms with van der Waals surface area (Å²) in [5, 5.41) is 13.5. The molecule has 94 valence electrons. The molecule has 1 aliphatic carbocycles. The molecule has 1 aliphatic rings. The first-order valence-electron chi connectivity index (χ1n) is 5.45. The van der Waals surface area contributed by atoms with Crippen LogP contribution in [0.4, 0.5) is 5.69 Å². The van der Waals surface area contributed by atoms with Crippen LogP contribution in [0.5, 0.6) is 0 Å². The molecule has 0 bridgehead atoms. The number of aliphatic hydroxyl groups excluding tert-OH is 1. The van der Waals surface area contributed by atoms with Gasteiger partial charge in [-0.25, -0.2) is 0 Å². The monoisotopic (exact) mass is 319 g/mol. The van der Waals surface area contributed by atoms with E-state index >= 15 is 0 Å². The number of ether oxygens (including phenoxy) is 1. The molecule has 3 nitrogen and oxygen atoms in total. The molecular weight excluding hydrogens is 305 g/mol. The van der Waals surface area contributed by atoms with Gasteiger partial charge in [0.1, 0.15) is 0 Å². The normalized spacial score (nSPS) is 27.6. The second kappa shape index (κ2) is 5.14. The topological polar surface area (TPSA) is 41.5 Å². The predicted octanol–water partition coefficient (Wildman–Crippen LogP) is 3.05. The van der Waals surface area contributed by atoms with Gasteiger partial charge in [-0.1, -0.05) is 11.6 Å². The molecule has 1 aromatic rings. The number of benzene rings is 1. The number of hydrogen-bond donors (Lipinski definition) is 2. The zero-order valence-corrected chi connectivity index (χ0v) is 11.9. The van der Waals surface area contributed by atoms with E-state index in [1.165, 1.54) is 0 Å². The first-order valence-corrected chi connectivity index (χ1v) is 6.62. The van der Waals surface area contributed by atoms with Crippen LogP contribution in [0.1, 0.15) is 12.8 Å². The Bertz CT molecular complexity index is 407. The average molecular weight is 321 g/mol. The van der Waals surface area contributed by atoms with Crippen molar-refractivity contribution in [3.05, 3.63) is 27.7 Å². The molecule has 0 aromatic heterocycles. The van der Waals surface area contributed by atoms with Crippen molar-refractivity contribution in [2.75, 3.05) is 19.0 Å². The molecule has 0 heterocycles. The van der Waals surface area contributed by atoms with Gasteiger partial charge in [0, 0.05) is 17.3 Å². The molecule has 1 saturated carbocycles. The van der Waals surface area contributed by atoms with Crippen LogP contribution < -0.4 is 5.32 Å². The highest BCUT2D eigenvalue weighted by atomic mass is 79.9. The summed E-state index contributed by atoms with van der Waals surface area (Å²) < 4.78 is 6.09. The minimum atomic E-state index is -0.256. The van der Waals surface area contributed by atoms with E-state index < -0.39 is 0 Å². The van der Waals surface area contributed by atoms with Gasteiger partial charge in [-0.05, 0) is 47.0 Å². The lowest BCUT2D eigenvalue weighted by Crippen LogP contribution is -2.56. The third-order valence-electron chi connectivity index (χ3n) is 3.20. The SMILES string of the molecule is COC1CC(CO)(Nc2ccc(Cl)c(Br)c2)C1. The summed E-state index contributed by atoms with van der Waals surface area (Å²) in [5.74, 6) is 0. The number of nitrogens with one attached hydrogen (secondary N) is 1. The van der Waals surface area contributed by atoms with Crippen LogP contribution in [0.25, 0.3) is 0 Å². The Labute approximate surface area is 114 Å². The lowest BCUT2D eigenvalue weighted by atomic mass is 9.74. The maximum atomic E-state index is 9.48. The number of aliphatic hydroxyl groups is 1. The molecule has 1 aromatic carbocycles. The predicted molar refractivity (Wildman–Crippen MR) is 72.6 cm³/mol. The van der Waals surface area contributed by atoms with E-state index in [1.54, 1.807) is 7.11 Å². The van der Waals surface area contributed by atoms with E-state index in [4.69, 9.17) is 16.3 Å². The Morgan fingerprint density at radius 2 is 2.29 bits per heavy atom. The van der Waals surface area contributed by atoms with Crippen LogP contribution in [0, 0.1) is 0 Å². The molecule has 2 rings (SSSR count). The van der Waals surface area contributed by atoms with Crippen LogP contribution in [-0.2, 0) is 4.74 Å². The van der Waals surface area contributed by atoms with E-state index in [9.17, 15) is 5.11 Å². The van der Waals surface area contributed by atoms with E-state index in [0.29, 0.717) is 5.02 Å².